The molecule has 0 spiro atoms. The van der Waals surface area contributed by atoms with Crippen molar-refractivity contribution in [2.24, 2.45) is 0 Å². The van der Waals surface area contributed by atoms with Gasteiger partial charge in [0.1, 0.15) is 0 Å². The molecular weight excluding hydrogens is 466 g/mol. The lowest BCUT2D eigenvalue weighted by Crippen LogP contribution is -2.34. The second kappa shape index (κ2) is 10.5. The molecule has 10 heteroatoms. The van der Waals surface area contributed by atoms with Crippen molar-refractivity contribution in [1.82, 2.24) is 14.9 Å². The number of ether oxygens (including phenoxy) is 1. The Balaban J connectivity index is 2.14. The Morgan fingerprint density at radius 2 is 2.07 bits per heavy atom. The van der Waals surface area contributed by atoms with E-state index < -0.39 is 10.0 Å². The summed E-state index contributed by atoms with van der Waals surface area (Å²) in [7, 11) is 1.67. The summed E-state index contributed by atoms with van der Waals surface area (Å²) in [6.45, 7) is 0.821. The normalized spacial score (nSPS) is 12.9. The van der Waals surface area contributed by atoms with E-state index >= 15 is 0 Å². The summed E-state index contributed by atoms with van der Waals surface area (Å²) in [6.07, 6.45) is 0. The van der Waals surface area contributed by atoms with Gasteiger partial charge in [-0.1, -0.05) is 6.07 Å². The van der Waals surface area contributed by atoms with E-state index in [4.69, 9.17) is 4.74 Å². The van der Waals surface area contributed by atoms with Gasteiger partial charge in [-0.3, -0.25) is 4.79 Å². The van der Waals surface area contributed by atoms with Crippen molar-refractivity contribution < 1.29 is 17.9 Å². The minimum absolute atomic E-state index is 0.0272. The van der Waals surface area contributed by atoms with E-state index in [1.807, 2.05) is 36.5 Å². The number of sulfonamides is 1. The van der Waals surface area contributed by atoms with Gasteiger partial charge in [-0.15, -0.1) is 11.3 Å². The third-order valence-electron chi connectivity index (χ3n) is 4.04. The van der Waals surface area contributed by atoms with Gasteiger partial charge in [-0.25, -0.2) is 13.1 Å². The third-order valence-corrected chi connectivity index (χ3v) is 7.17. The summed E-state index contributed by atoms with van der Waals surface area (Å²) >= 11 is 4.96. The van der Waals surface area contributed by atoms with E-state index in [2.05, 4.69) is 26.0 Å². The van der Waals surface area contributed by atoms with Crippen molar-refractivity contribution in [3.63, 3.8) is 0 Å². The maximum Gasteiger partial charge on any atom is 0.252 e. The predicted octanol–water partition coefficient (Wildman–Crippen LogP) is 2.47. The highest BCUT2D eigenvalue weighted by atomic mass is 79.9. The van der Waals surface area contributed by atoms with Crippen LogP contribution in [0, 0.1) is 0 Å². The first kappa shape index (κ1) is 23.0. The summed E-state index contributed by atoms with van der Waals surface area (Å²) < 4.78 is 32.6. The first-order chi connectivity index (χ1) is 13.3. The van der Waals surface area contributed by atoms with E-state index in [0.717, 1.165) is 4.88 Å². The van der Waals surface area contributed by atoms with Crippen LogP contribution in [0.3, 0.4) is 0 Å². The van der Waals surface area contributed by atoms with Crippen LogP contribution >= 0.6 is 27.3 Å². The zero-order chi connectivity index (χ0) is 20.7. The van der Waals surface area contributed by atoms with Crippen LogP contribution in [0.2, 0.25) is 0 Å². The molecule has 1 aromatic heterocycles. The molecule has 154 valence electrons. The highest BCUT2D eigenvalue weighted by Crippen LogP contribution is 2.24. The summed E-state index contributed by atoms with van der Waals surface area (Å²) in [4.78, 5) is 15.9. The molecule has 0 bridgehead atoms. The zero-order valence-electron chi connectivity index (χ0n) is 15.9. The molecule has 0 aliphatic carbocycles. The van der Waals surface area contributed by atoms with E-state index in [1.54, 1.807) is 17.4 Å². The number of hydrogen-bond acceptors (Lipinski definition) is 6. The molecule has 0 aliphatic heterocycles. The Labute approximate surface area is 178 Å². The number of rotatable bonds is 10. The van der Waals surface area contributed by atoms with Gasteiger partial charge in [0.2, 0.25) is 10.0 Å². The second-order valence-electron chi connectivity index (χ2n) is 6.24. The molecule has 0 fully saturated rings. The lowest BCUT2D eigenvalue weighted by molar-refractivity contribution is 0.0941. The van der Waals surface area contributed by atoms with Gasteiger partial charge >= 0.3 is 0 Å². The van der Waals surface area contributed by atoms with Crippen molar-refractivity contribution in [3.8, 4) is 0 Å². The summed E-state index contributed by atoms with van der Waals surface area (Å²) in [6, 6.07) is 8.40. The standard InChI is InChI=1S/C18H24BrN3O4S2/c1-22(2)16(17-5-4-10-27-17)12-20-18(23)14-11-13(6-7-15(14)19)28(24,25)21-8-9-26-3/h4-7,10-11,16,21H,8-9,12H2,1-3H3,(H,20,23). The van der Waals surface area contributed by atoms with E-state index in [0.29, 0.717) is 11.0 Å². The van der Waals surface area contributed by atoms with Gasteiger partial charge < -0.3 is 15.0 Å². The fourth-order valence-electron chi connectivity index (χ4n) is 2.51. The van der Waals surface area contributed by atoms with Crippen molar-refractivity contribution in [3.05, 3.63) is 50.6 Å². The van der Waals surface area contributed by atoms with Gasteiger partial charge in [0, 0.05) is 29.5 Å². The minimum Gasteiger partial charge on any atom is -0.383 e. The number of benzene rings is 1. The van der Waals surface area contributed by atoms with Crippen LogP contribution in [-0.2, 0) is 14.8 Å². The van der Waals surface area contributed by atoms with Crippen LogP contribution in [0.4, 0.5) is 0 Å². The zero-order valence-corrected chi connectivity index (χ0v) is 19.2. The predicted molar refractivity (Wildman–Crippen MR) is 114 cm³/mol. The quantitative estimate of drug-likeness (QED) is 0.500. The highest BCUT2D eigenvalue weighted by Gasteiger charge is 2.20. The summed E-state index contributed by atoms with van der Waals surface area (Å²) in [5.41, 5.74) is 0.262. The number of carbonyl (C=O) groups excluding carboxylic acids is 1. The molecule has 2 rings (SSSR count). The Morgan fingerprint density at radius 3 is 2.68 bits per heavy atom. The monoisotopic (exact) mass is 489 g/mol. The van der Waals surface area contributed by atoms with Crippen LogP contribution in [0.15, 0.2) is 45.1 Å². The van der Waals surface area contributed by atoms with E-state index in [-0.39, 0.29) is 35.6 Å². The molecular formula is C18H24BrN3O4S2. The number of thiophene rings is 1. The average molecular weight is 490 g/mol. The first-order valence-electron chi connectivity index (χ1n) is 8.52. The number of likely N-dealkylation sites (N-methyl/N-ethyl adjacent to an activating group) is 1. The lowest BCUT2D eigenvalue weighted by atomic mass is 10.2. The van der Waals surface area contributed by atoms with Crippen LogP contribution in [0.1, 0.15) is 21.3 Å². The molecule has 1 amide bonds. The SMILES string of the molecule is COCCNS(=O)(=O)c1ccc(Br)c(C(=O)NCC(c2cccs2)N(C)C)c1. The fourth-order valence-corrected chi connectivity index (χ4v) is 4.90. The molecule has 0 saturated heterocycles. The molecule has 0 radical (unpaired) electrons. The molecule has 1 aromatic carbocycles. The largest absolute Gasteiger partial charge is 0.383 e. The summed E-state index contributed by atoms with van der Waals surface area (Å²) in [5, 5.41) is 4.90. The van der Waals surface area contributed by atoms with Crippen LogP contribution in [-0.4, -0.2) is 60.1 Å². The molecule has 2 N–H and O–H groups in total. The van der Waals surface area contributed by atoms with Gasteiger partial charge in [-0.05, 0) is 59.7 Å². The minimum atomic E-state index is -3.72. The fraction of sp³-hybridized carbons (Fsp3) is 0.389. The van der Waals surface area contributed by atoms with Gasteiger partial charge in [0.15, 0.2) is 0 Å². The Hall–Kier alpha value is -1.30. The number of amides is 1. The molecule has 7 nitrogen and oxygen atoms in total. The smallest absolute Gasteiger partial charge is 0.252 e. The number of nitrogens with zero attached hydrogens (tertiary/aromatic N) is 1. The van der Waals surface area contributed by atoms with Crippen molar-refractivity contribution in [1.29, 1.82) is 0 Å². The number of carbonyl (C=O) groups is 1. The maximum atomic E-state index is 12.7. The number of halogens is 1. The van der Waals surface area contributed by atoms with E-state index in [9.17, 15) is 13.2 Å². The molecule has 0 aliphatic rings. The van der Waals surface area contributed by atoms with Crippen molar-refractivity contribution in [2.75, 3.05) is 40.9 Å². The highest BCUT2D eigenvalue weighted by molar-refractivity contribution is 9.10. The lowest BCUT2D eigenvalue weighted by Gasteiger charge is -2.23. The number of methoxy groups -OCH3 is 1. The molecule has 28 heavy (non-hydrogen) atoms. The summed E-state index contributed by atoms with van der Waals surface area (Å²) in [5.74, 6) is -0.343. The Kier molecular flexibility index (Phi) is 8.59. The molecule has 1 atom stereocenters. The molecule has 2 aromatic rings. The molecule has 1 heterocycles. The van der Waals surface area contributed by atoms with Gasteiger partial charge in [0.25, 0.3) is 5.91 Å². The Bertz CT molecular complexity index is 886. The van der Waals surface area contributed by atoms with Gasteiger partial charge in [-0.2, -0.15) is 0 Å². The van der Waals surface area contributed by atoms with Crippen LogP contribution < -0.4 is 10.0 Å². The maximum absolute atomic E-state index is 12.7. The topological polar surface area (TPSA) is 87.7 Å². The number of nitrogens with one attached hydrogen (secondary N) is 2. The van der Waals surface area contributed by atoms with Crippen LogP contribution in [0.25, 0.3) is 0 Å². The molecule has 0 saturated carbocycles. The van der Waals surface area contributed by atoms with E-state index in [1.165, 1.54) is 19.2 Å². The first-order valence-corrected chi connectivity index (χ1v) is 11.7. The molecule has 1 unspecified atom stereocenters. The van der Waals surface area contributed by atoms with Crippen molar-refractivity contribution >= 4 is 43.2 Å². The average Bonchev–Trinajstić information content (AvgIpc) is 3.16. The third kappa shape index (κ3) is 6.10. The Morgan fingerprint density at radius 1 is 1.32 bits per heavy atom. The van der Waals surface area contributed by atoms with Crippen LogP contribution in [0.5, 0.6) is 0 Å². The number of hydrogen-bond donors (Lipinski definition) is 2. The van der Waals surface area contributed by atoms with Crippen molar-refractivity contribution in [2.45, 2.75) is 10.9 Å². The second-order valence-corrected chi connectivity index (χ2v) is 9.84. The van der Waals surface area contributed by atoms with Gasteiger partial charge in [0.05, 0.1) is 23.1 Å².